The van der Waals surface area contributed by atoms with Gasteiger partial charge in [0, 0.05) is 17.9 Å². The van der Waals surface area contributed by atoms with Crippen molar-refractivity contribution < 1.29 is 26.3 Å². The minimum atomic E-state index is -4.53. The van der Waals surface area contributed by atoms with Gasteiger partial charge in [0.25, 0.3) is 0 Å². The molecule has 1 unspecified atom stereocenters. The zero-order valence-electron chi connectivity index (χ0n) is 11.1. The average molecular weight is 299 g/mol. The fraction of sp³-hybridized carbons (Fsp3) is 0.692. The topological polar surface area (TPSA) is 4.93 Å². The maximum atomic E-state index is 13.0. The first-order valence-corrected chi connectivity index (χ1v) is 6.38. The molecule has 2 rings (SSSR count). The molecular weight excluding hydrogens is 284 g/mol. The van der Waals surface area contributed by atoms with Crippen molar-refractivity contribution in [2.75, 3.05) is 0 Å². The van der Waals surface area contributed by atoms with E-state index in [4.69, 9.17) is 0 Å². The number of alkyl halides is 6. The fourth-order valence-corrected chi connectivity index (χ4v) is 2.82. The molecule has 1 aliphatic heterocycles. The third-order valence-electron chi connectivity index (χ3n) is 3.70. The summed E-state index contributed by atoms with van der Waals surface area (Å²) >= 11 is 0. The van der Waals surface area contributed by atoms with Crippen LogP contribution in [-0.2, 0) is 19.1 Å². The summed E-state index contributed by atoms with van der Waals surface area (Å²) in [4.78, 5) is 0. The minimum Gasteiger partial charge on any atom is -0.348 e. The Kier molecular flexibility index (Phi) is 3.59. The molecule has 114 valence electrons. The van der Waals surface area contributed by atoms with Crippen molar-refractivity contribution in [3.05, 3.63) is 23.0 Å². The molecular formula is C13H15F6N. The fourth-order valence-electron chi connectivity index (χ4n) is 2.82. The van der Waals surface area contributed by atoms with Gasteiger partial charge < -0.3 is 4.57 Å². The van der Waals surface area contributed by atoms with E-state index in [0.29, 0.717) is 0 Å². The Morgan fingerprint density at radius 3 is 2.20 bits per heavy atom. The second-order valence-electron chi connectivity index (χ2n) is 5.47. The molecule has 1 aromatic rings. The summed E-state index contributed by atoms with van der Waals surface area (Å²) in [5.74, 6) is -1.94. The second kappa shape index (κ2) is 4.70. The van der Waals surface area contributed by atoms with Crippen molar-refractivity contribution in [1.82, 2.24) is 4.57 Å². The SMILES string of the molecule is CC(C)c1c(C(F)(F)F)cc2n1CCC(C(F)(F)F)C2. The lowest BCUT2D eigenvalue weighted by atomic mass is 9.95. The van der Waals surface area contributed by atoms with E-state index in [1.54, 1.807) is 13.8 Å². The summed E-state index contributed by atoms with van der Waals surface area (Å²) < 4.78 is 78.5. The number of rotatable bonds is 1. The third kappa shape index (κ3) is 2.67. The van der Waals surface area contributed by atoms with Crippen molar-refractivity contribution in [3.63, 3.8) is 0 Å². The van der Waals surface area contributed by atoms with Gasteiger partial charge in [0.1, 0.15) is 0 Å². The monoisotopic (exact) mass is 299 g/mol. The molecule has 0 saturated heterocycles. The molecule has 0 aromatic carbocycles. The van der Waals surface area contributed by atoms with E-state index in [1.165, 1.54) is 4.57 Å². The van der Waals surface area contributed by atoms with Gasteiger partial charge in [-0.1, -0.05) is 13.8 Å². The predicted molar refractivity (Wildman–Crippen MR) is 61.4 cm³/mol. The molecule has 0 N–H and O–H groups in total. The van der Waals surface area contributed by atoms with Crippen LogP contribution in [0.25, 0.3) is 0 Å². The quantitative estimate of drug-likeness (QED) is 0.659. The zero-order chi connectivity index (χ0) is 15.3. The average Bonchev–Trinajstić information content (AvgIpc) is 2.65. The van der Waals surface area contributed by atoms with Crippen molar-refractivity contribution in [2.45, 2.75) is 51.5 Å². The van der Waals surface area contributed by atoms with Crippen molar-refractivity contribution in [1.29, 1.82) is 0 Å². The van der Waals surface area contributed by atoms with Gasteiger partial charge in [0.2, 0.25) is 0 Å². The standard InChI is InChI=1S/C13H15F6N/c1-7(2)11-10(13(17,18)19)6-9-5-8(12(14,15)16)3-4-20(9)11/h6-8H,3-5H2,1-2H3. The van der Waals surface area contributed by atoms with Crippen LogP contribution in [0.15, 0.2) is 6.07 Å². The number of fused-ring (bicyclic) bond motifs is 1. The molecule has 20 heavy (non-hydrogen) atoms. The Bertz CT molecular complexity index is 494. The molecule has 1 aromatic heterocycles. The normalized spacial score (nSPS) is 20.4. The molecule has 0 amide bonds. The second-order valence-corrected chi connectivity index (χ2v) is 5.47. The van der Waals surface area contributed by atoms with E-state index < -0.39 is 23.8 Å². The van der Waals surface area contributed by atoms with Gasteiger partial charge in [0.05, 0.1) is 11.5 Å². The maximum absolute atomic E-state index is 13.0. The maximum Gasteiger partial charge on any atom is 0.418 e. The number of halogens is 6. The molecule has 0 radical (unpaired) electrons. The number of hydrogen-bond acceptors (Lipinski definition) is 0. The van der Waals surface area contributed by atoms with Crippen LogP contribution in [0.5, 0.6) is 0 Å². The molecule has 7 heteroatoms. The first-order chi connectivity index (χ1) is 9.01. The summed E-state index contributed by atoms with van der Waals surface area (Å²) in [6.07, 6.45) is -9.43. The van der Waals surface area contributed by atoms with Gasteiger partial charge in [-0.3, -0.25) is 0 Å². The highest BCUT2D eigenvalue weighted by atomic mass is 19.4. The van der Waals surface area contributed by atoms with Crippen molar-refractivity contribution >= 4 is 0 Å². The van der Waals surface area contributed by atoms with Gasteiger partial charge >= 0.3 is 12.4 Å². The Labute approximate surface area is 112 Å². The zero-order valence-corrected chi connectivity index (χ0v) is 11.1. The predicted octanol–water partition coefficient (Wildman–Crippen LogP) is 4.76. The van der Waals surface area contributed by atoms with Crippen LogP contribution in [0.3, 0.4) is 0 Å². The lowest BCUT2D eigenvalue weighted by Crippen LogP contribution is -2.31. The van der Waals surface area contributed by atoms with Gasteiger partial charge in [-0.2, -0.15) is 26.3 Å². The molecule has 0 aliphatic carbocycles. The Balaban J connectivity index is 2.46. The van der Waals surface area contributed by atoms with Crippen LogP contribution in [-0.4, -0.2) is 10.7 Å². The number of aromatic nitrogens is 1. The van der Waals surface area contributed by atoms with E-state index in [1.807, 2.05) is 0 Å². The van der Waals surface area contributed by atoms with E-state index in [2.05, 4.69) is 0 Å². The molecule has 1 nitrogen and oxygen atoms in total. The lowest BCUT2D eigenvalue weighted by Gasteiger charge is -2.28. The molecule has 1 aliphatic rings. The molecule has 0 saturated carbocycles. The summed E-state index contributed by atoms with van der Waals surface area (Å²) in [6, 6.07) is 0.882. The summed E-state index contributed by atoms with van der Waals surface area (Å²) in [5, 5.41) is 0. The lowest BCUT2D eigenvalue weighted by molar-refractivity contribution is -0.179. The highest BCUT2D eigenvalue weighted by molar-refractivity contribution is 5.34. The van der Waals surface area contributed by atoms with Crippen LogP contribution >= 0.6 is 0 Å². The number of nitrogens with zero attached hydrogens (tertiary/aromatic N) is 1. The van der Waals surface area contributed by atoms with Gasteiger partial charge in [-0.05, 0) is 24.8 Å². The first-order valence-electron chi connectivity index (χ1n) is 6.38. The third-order valence-corrected chi connectivity index (χ3v) is 3.70. The Morgan fingerprint density at radius 1 is 1.15 bits per heavy atom. The van der Waals surface area contributed by atoms with Crippen molar-refractivity contribution in [2.24, 2.45) is 5.92 Å². The van der Waals surface area contributed by atoms with E-state index in [0.717, 1.165) is 6.07 Å². The van der Waals surface area contributed by atoms with Crippen LogP contribution in [0.2, 0.25) is 0 Å². The highest BCUT2D eigenvalue weighted by Gasteiger charge is 2.44. The van der Waals surface area contributed by atoms with E-state index in [9.17, 15) is 26.3 Å². The highest BCUT2D eigenvalue weighted by Crippen LogP contribution is 2.42. The van der Waals surface area contributed by atoms with Gasteiger partial charge in [-0.15, -0.1) is 0 Å². The Morgan fingerprint density at radius 2 is 1.75 bits per heavy atom. The largest absolute Gasteiger partial charge is 0.418 e. The van der Waals surface area contributed by atoms with E-state index in [-0.39, 0.29) is 36.7 Å². The van der Waals surface area contributed by atoms with Crippen LogP contribution in [0.1, 0.15) is 43.1 Å². The first kappa shape index (κ1) is 15.3. The summed E-state index contributed by atoms with van der Waals surface area (Å²) in [6.45, 7) is 3.23. The molecule has 2 heterocycles. The van der Waals surface area contributed by atoms with Crippen LogP contribution < -0.4 is 0 Å². The molecule has 0 fully saturated rings. The van der Waals surface area contributed by atoms with Gasteiger partial charge in [0.15, 0.2) is 0 Å². The molecule has 1 atom stereocenters. The summed E-state index contributed by atoms with van der Waals surface area (Å²) in [7, 11) is 0. The van der Waals surface area contributed by atoms with Gasteiger partial charge in [-0.25, -0.2) is 0 Å². The van der Waals surface area contributed by atoms with Crippen LogP contribution in [0.4, 0.5) is 26.3 Å². The van der Waals surface area contributed by atoms with E-state index >= 15 is 0 Å². The van der Waals surface area contributed by atoms with Crippen LogP contribution in [0, 0.1) is 5.92 Å². The summed E-state index contributed by atoms with van der Waals surface area (Å²) in [5.41, 5.74) is -0.576. The number of hydrogen-bond donors (Lipinski definition) is 0. The van der Waals surface area contributed by atoms with Crippen molar-refractivity contribution in [3.8, 4) is 0 Å². The Hall–Kier alpha value is -1.14. The minimum absolute atomic E-state index is 0.0108. The molecule has 0 bridgehead atoms. The smallest absolute Gasteiger partial charge is 0.348 e. The molecule has 0 spiro atoms.